The van der Waals surface area contributed by atoms with Crippen LogP contribution in [0.4, 0.5) is 5.69 Å². The van der Waals surface area contributed by atoms with E-state index in [2.05, 4.69) is 0 Å². The van der Waals surface area contributed by atoms with Crippen LogP contribution in [-0.4, -0.2) is 38.7 Å². The van der Waals surface area contributed by atoms with Crippen molar-refractivity contribution < 1.29 is 23.8 Å². The molecule has 1 atom stereocenters. The molecule has 28 heavy (non-hydrogen) atoms. The maximum atomic E-state index is 12.7. The average Bonchev–Trinajstić information content (AvgIpc) is 2.72. The minimum absolute atomic E-state index is 0.0204. The van der Waals surface area contributed by atoms with Gasteiger partial charge in [-0.05, 0) is 37.5 Å². The van der Waals surface area contributed by atoms with E-state index < -0.39 is 5.97 Å². The summed E-state index contributed by atoms with van der Waals surface area (Å²) in [5.41, 5.74) is 2.72. The van der Waals surface area contributed by atoms with Crippen LogP contribution >= 0.6 is 0 Å². The summed E-state index contributed by atoms with van der Waals surface area (Å²) in [7, 11) is 3.09. The fourth-order valence-corrected chi connectivity index (χ4v) is 3.48. The lowest BCUT2D eigenvalue weighted by molar-refractivity contribution is -0.147. The van der Waals surface area contributed by atoms with E-state index >= 15 is 0 Å². The van der Waals surface area contributed by atoms with Crippen molar-refractivity contribution in [1.29, 1.82) is 0 Å². The molecule has 3 rings (SSSR count). The van der Waals surface area contributed by atoms with Crippen LogP contribution in [0.2, 0.25) is 0 Å². The highest BCUT2D eigenvalue weighted by Gasteiger charge is 2.28. The van der Waals surface area contributed by atoms with E-state index in [9.17, 15) is 9.59 Å². The molecule has 1 amide bonds. The molecule has 0 bridgehead atoms. The molecule has 1 aliphatic heterocycles. The van der Waals surface area contributed by atoms with Crippen LogP contribution < -0.4 is 14.4 Å². The molecule has 0 N–H and O–H groups in total. The fourth-order valence-electron chi connectivity index (χ4n) is 3.48. The van der Waals surface area contributed by atoms with Crippen molar-refractivity contribution in [3.63, 3.8) is 0 Å². The molecule has 0 saturated carbocycles. The molecule has 0 spiro atoms. The number of anilines is 1. The van der Waals surface area contributed by atoms with E-state index in [1.807, 2.05) is 31.2 Å². The lowest BCUT2D eigenvalue weighted by Gasteiger charge is -2.35. The van der Waals surface area contributed by atoms with Crippen LogP contribution in [-0.2, 0) is 27.2 Å². The molecule has 1 heterocycles. The van der Waals surface area contributed by atoms with Gasteiger partial charge < -0.3 is 19.1 Å². The molecule has 0 aromatic heterocycles. The molecule has 6 nitrogen and oxygen atoms in total. The minimum Gasteiger partial charge on any atom is -0.497 e. The van der Waals surface area contributed by atoms with Gasteiger partial charge in [-0.15, -0.1) is 0 Å². The summed E-state index contributed by atoms with van der Waals surface area (Å²) in [6.45, 7) is 1.73. The SMILES string of the molecule is COc1ccc(CC(=O)OCC(=O)N2c3ccccc3CCC2C)c(OC)c1. The zero-order chi connectivity index (χ0) is 20.1. The van der Waals surface area contributed by atoms with Gasteiger partial charge in [-0.2, -0.15) is 0 Å². The zero-order valence-corrected chi connectivity index (χ0v) is 16.4. The first kappa shape index (κ1) is 19.7. The number of hydrogen-bond donors (Lipinski definition) is 0. The highest BCUT2D eigenvalue weighted by Crippen LogP contribution is 2.30. The highest BCUT2D eigenvalue weighted by molar-refractivity contribution is 5.97. The summed E-state index contributed by atoms with van der Waals surface area (Å²) in [6.07, 6.45) is 1.85. The van der Waals surface area contributed by atoms with Crippen molar-refractivity contribution in [2.24, 2.45) is 0 Å². The number of rotatable bonds is 6. The molecule has 0 saturated heterocycles. The van der Waals surface area contributed by atoms with Gasteiger partial charge in [-0.3, -0.25) is 9.59 Å². The Labute approximate surface area is 165 Å². The van der Waals surface area contributed by atoms with Crippen molar-refractivity contribution in [2.45, 2.75) is 32.2 Å². The maximum absolute atomic E-state index is 12.7. The number of carbonyl (C=O) groups excluding carboxylic acids is 2. The summed E-state index contributed by atoms with van der Waals surface area (Å²) in [4.78, 5) is 26.7. The molecular formula is C22H25NO5. The van der Waals surface area contributed by atoms with Crippen LogP contribution in [0.1, 0.15) is 24.5 Å². The Morgan fingerprint density at radius 1 is 1.11 bits per heavy atom. The highest BCUT2D eigenvalue weighted by atomic mass is 16.5. The van der Waals surface area contributed by atoms with E-state index in [0.717, 1.165) is 24.1 Å². The number of aryl methyl sites for hydroxylation is 1. The van der Waals surface area contributed by atoms with Crippen molar-refractivity contribution in [2.75, 3.05) is 25.7 Å². The van der Waals surface area contributed by atoms with E-state index in [1.54, 1.807) is 30.2 Å². The number of methoxy groups -OCH3 is 2. The van der Waals surface area contributed by atoms with Crippen LogP contribution in [0.3, 0.4) is 0 Å². The van der Waals surface area contributed by atoms with Gasteiger partial charge in [0.1, 0.15) is 11.5 Å². The molecule has 1 unspecified atom stereocenters. The largest absolute Gasteiger partial charge is 0.497 e. The van der Waals surface area contributed by atoms with E-state index in [4.69, 9.17) is 14.2 Å². The van der Waals surface area contributed by atoms with Crippen molar-refractivity contribution in [1.82, 2.24) is 0 Å². The number of para-hydroxylation sites is 1. The predicted molar refractivity (Wildman–Crippen MR) is 106 cm³/mol. The molecule has 0 aliphatic carbocycles. The van der Waals surface area contributed by atoms with E-state index in [-0.39, 0.29) is 25.0 Å². The first-order valence-corrected chi connectivity index (χ1v) is 9.30. The second kappa shape index (κ2) is 8.78. The second-order valence-electron chi connectivity index (χ2n) is 6.80. The Balaban J connectivity index is 1.63. The van der Waals surface area contributed by atoms with Gasteiger partial charge in [0, 0.05) is 23.4 Å². The standard InChI is InChI=1S/C22H25NO5/c1-15-8-9-16-6-4-5-7-19(16)23(15)21(24)14-28-22(25)12-17-10-11-18(26-2)13-20(17)27-3/h4-7,10-11,13,15H,8-9,12,14H2,1-3H3. The summed E-state index contributed by atoms with van der Waals surface area (Å²) in [5.74, 6) is 0.493. The summed E-state index contributed by atoms with van der Waals surface area (Å²) in [5, 5.41) is 0. The Morgan fingerprint density at radius 2 is 1.89 bits per heavy atom. The predicted octanol–water partition coefficient (Wildman–Crippen LogP) is 3.16. The molecule has 2 aromatic carbocycles. The van der Waals surface area contributed by atoms with Gasteiger partial charge in [0.25, 0.3) is 5.91 Å². The third kappa shape index (κ3) is 4.27. The molecule has 0 fully saturated rings. The Kier molecular flexibility index (Phi) is 6.19. The number of amides is 1. The fraction of sp³-hybridized carbons (Fsp3) is 0.364. The molecule has 6 heteroatoms. The number of benzene rings is 2. The summed E-state index contributed by atoms with van der Waals surface area (Å²) >= 11 is 0. The zero-order valence-electron chi connectivity index (χ0n) is 16.4. The number of hydrogen-bond acceptors (Lipinski definition) is 5. The van der Waals surface area contributed by atoms with Crippen LogP contribution in [0.15, 0.2) is 42.5 Å². The summed E-state index contributed by atoms with van der Waals surface area (Å²) < 4.78 is 15.7. The monoisotopic (exact) mass is 383 g/mol. The van der Waals surface area contributed by atoms with Crippen molar-refractivity contribution in [3.05, 3.63) is 53.6 Å². The van der Waals surface area contributed by atoms with Crippen LogP contribution in [0.25, 0.3) is 0 Å². The third-order valence-corrected chi connectivity index (χ3v) is 4.98. The molecular weight excluding hydrogens is 358 g/mol. The lowest BCUT2D eigenvalue weighted by atomic mass is 9.96. The minimum atomic E-state index is -0.477. The maximum Gasteiger partial charge on any atom is 0.310 e. The Morgan fingerprint density at radius 3 is 2.64 bits per heavy atom. The van der Waals surface area contributed by atoms with Crippen molar-refractivity contribution >= 4 is 17.6 Å². The number of fused-ring (bicyclic) bond motifs is 1. The van der Waals surface area contributed by atoms with Gasteiger partial charge in [-0.25, -0.2) is 0 Å². The van der Waals surface area contributed by atoms with Gasteiger partial charge in [-0.1, -0.05) is 24.3 Å². The van der Waals surface area contributed by atoms with Crippen molar-refractivity contribution in [3.8, 4) is 11.5 Å². The molecule has 2 aromatic rings. The quantitative estimate of drug-likeness (QED) is 0.717. The smallest absolute Gasteiger partial charge is 0.310 e. The number of nitrogens with zero attached hydrogens (tertiary/aromatic N) is 1. The van der Waals surface area contributed by atoms with Crippen LogP contribution in [0.5, 0.6) is 11.5 Å². The first-order chi connectivity index (χ1) is 13.5. The van der Waals surface area contributed by atoms with Gasteiger partial charge >= 0.3 is 5.97 Å². The number of carbonyl (C=O) groups is 2. The third-order valence-electron chi connectivity index (χ3n) is 4.98. The van der Waals surface area contributed by atoms with E-state index in [0.29, 0.717) is 17.1 Å². The summed E-state index contributed by atoms with van der Waals surface area (Å²) in [6, 6.07) is 13.1. The Hall–Kier alpha value is -3.02. The normalized spacial score (nSPS) is 15.5. The van der Waals surface area contributed by atoms with Gasteiger partial charge in [0.15, 0.2) is 6.61 Å². The molecule has 1 aliphatic rings. The van der Waals surface area contributed by atoms with Gasteiger partial charge in [0.05, 0.1) is 20.6 Å². The average molecular weight is 383 g/mol. The topological polar surface area (TPSA) is 65.1 Å². The second-order valence-corrected chi connectivity index (χ2v) is 6.80. The molecule has 0 radical (unpaired) electrons. The number of esters is 1. The van der Waals surface area contributed by atoms with E-state index in [1.165, 1.54) is 7.11 Å². The van der Waals surface area contributed by atoms with Crippen LogP contribution in [0, 0.1) is 0 Å². The molecule has 148 valence electrons. The first-order valence-electron chi connectivity index (χ1n) is 9.30. The lowest BCUT2D eigenvalue weighted by Crippen LogP contribution is -2.44. The van der Waals surface area contributed by atoms with Gasteiger partial charge in [0.2, 0.25) is 0 Å². The Bertz CT molecular complexity index is 864. The number of ether oxygens (including phenoxy) is 3.